The fourth-order valence-corrected chi connectivity index (χ4v) is 1.70. The number of aromatic amines is 1. The van der Waals surface area contributed by atoms with Gasteiger partial charge < -0.3 is 14.5 Å². The summed E-state index contributed by atoms with van der Waals surface area (Å²) in [7, 11) is 0. The second-order valence-electron chi connectivity index (χ2n) is 4.00. The number of hydrogen-bond donors (Lipinski definition) is 1. The van der Waals surface area contributed by atoms with Gasteiger partial charge in [-0.15, -0.1) is 0 Å². The molecule has 2 aromatic rings. The van der Waals surface area contributed by atoms with Crippen molar-refractivity contribution in [3.05, 3.63) is 18.0 Å². The van der Waals surface area contributed by atoms with Crippen LogP contribution in [0.25, 0.3) is 11.0 Å². The highest BCUT2D eigenvalue weighted by Crippen LogP contribution is 2.42. The molecule has 1 aromatic heterocycles. The van der Waals surface area contributed by atoms with Gasteiger partial charge in [-0.1, -0.05) is 0 Å². The molecule has 2 heterocycles. The zero-order chi connectivity index (χ0) is 14.7. The van der Waals surface area contributed by atoms with Gasteiger partial charge in [0.1, 0.15) is 0 Å². The summed E-state index contributed by atoms with van der Waals surface area (Å²) >= 11 is 0. The first-order valence-corrected chi connectivity index (χ1v) is 5.15. The summed E-state index contributed by atoms with van der Waals surface area (Å²) < 4.78 is 84.5. The van der Waals surface area contributed by atoms with Crippen LogP contribution < -0.4 is 9.47 Å². The van der Waals surface area contributed by atoms with Gasteiger partial charge >= 0.3 is 18.6 Å². The Kier molecular flexibility index (Phi) is 2.39. The lowest BCUT2D eigenvalue weighted by atomic mass is 10.2. The first-order valence-electron chi connectivity index (χ1n) is 5.15. The molecule has 0 spiro atoms. The van der Waals surface area contributed by atoms with Crippen LogP contribution in [-0.2, 0) is 6.18 Å². The molecule has 4 nitrogen and oxygen atoms in total. The van der Waals surface area contributed by atoms with E-state index in [1.54, 1.807) is 0 Å². The molecule has 0 amide bonds. The van der Waals surface area contributed by atoms with Crippen molar-refractivity contribution in [2.45, 2.75) is 18.6 Å². The van der Waals surface area contributed by atoms with Gasteiger partial charge in [-0.2, -0.15) is 26.3 Å². The number of halogens is 6. The predicted octanol–water partition coefficient (Wildman–Crippen LogP) is 3.24. The Hall–Kier alpha value is -2.13. The molecule has 3 rings (SSSR count). The number of alkyl halides is 6. The molecule has 1 aliphatic heterocycles. The molecule has 1 unspecified atom stereocenters. The molecule has 20 heavy (non-hydrogen) atoms. The molecule has 1 aliphatic rings. The minimum atomic E-state index is -4.73. The number of nitrogens with zero attached hydrogens (tertiary/aromatic N) is 1. The van der Waals surface area contributed by atoms with E-state index in [4.69, 9.17) is 0 Å². The van der Waals surface area contributed by atoms with E-state index in [1.165, 1.54) is 0 Å². The summed E-state index contributed by atoms with van der Waals surface area (Å²) in [4.78, 5) is 5.14. The van der Waals surface area contributed by atoms with Crippen LogP contribution in [0.2, 0.25) is 0 Å². The lowest BCUT2D eigenvalue weighted by molar-refractivity contribution is -0.281. The van der Waals surface area contributed by atoms with Gasteiger partial charge in [-0.3, -0.25) is 0 Å². The Labute approximate surface area is 106 Å². The number of hydrogen-bond acceptors (Lipinski definition) is 3. The van der Waals surface area contributed by atoms with Crippen molar-refractivity contribution < 1.29 is 35.8 Å². The Morgan fingerprint density at radius 2 is 1.90 bits per heavy atom. The van der Waals surface area contributed by atoms with Gasteiger partial charge in [0, 0.05) is 12.1 Å². The lowest BCUT2D eigenvalue weighted by Gasteiger charge is -2.28. The maximum absolute atomic E-state index is 12.9. The first-order chi connectivity index (χ1) is 9.17. The van der Waals surface area contributed by atoms with Gasteiger partial charge in [0.25, 0.3) is 0 Å². The van der Waals surface area contributed by atoms with Gasteiger partial charge in [0.05, 0.1) is 11.0 Å². The molecule has 0 bridgehead atoms. The normalized spacial score (nSPS) is 21.2. The highest BCUT2D eigenvalue weighted by atomic mass is 19.4. The SMILES string of the molecule is FC1Oc2cc3[nH]c(C(F)(F)F)nc3cc2OC1(F)F. The summed E-state index contributed by atoms with van der Waals surface area (Å²) in [6.45, 7) is 0. The van der Waals surface area contributed by atoms with Crippen molar-refractivity contribution in [3.8, 4) is 11.5 Å². The second kappa shape index (κ2) is 3.70. The van der Waals surface area contributed by atoms with E-state index in [-0.39, 0.29) is 11.0 Å². The molecule has 108 valence electrons. The van der Waals surface area contributed by atoms with E-state index < -0.39 is 36.0 Å². The summed E-state index contributed by atoms with van der Waals surface area (Å²) in [6.07, 6.45) is -12.0. The number of imidazole rings is 1. The fourth-order valence-electron chi connectivity index (χ4n) is 1.70. The Bertz CT molecular complexity index is 680. The Morgan fingerprint density at radius 1 is 1.20 bits per heavy atom. The van der Waals surface area contributed by atoms with Crippen LogP contribution in [0.1, 0.15) is 5.82 Å². The zero-order valence-electron chi connectivity index (χ0n) is 9.26. The molecular weight excluding hydrogens is 294 g/mol. The van der Waals surface area contributed by atoms with Crippen molar-refractivity contribution in [2.24, 2.45) is 0 Å². The summed E-state index contributed by atoms with van der Waals surface area (Å²) in [5, 5.41) is 0. The molecule has 0 radical (unpaired) electrons. The molecule has 0 saturated carbocycles. The maximum atomic E-state index is 12.9. The first kappa shape index (κ1) is 12.9. The Balaban J connectivity index is 2.12. The molecule has 0 saturated heterocycles. The molecule has 0 fully saturated rings. The van der Waals surface area contributed by atoms with E-state index in [0.29, 0.717) is 0 Å². The average Bonchev–Trinajstić information content (AvgIpc) is 2.70. The Morgan fingerprint density at radius 3 is 2.55 bits per heavy atom. The van der Waals surface area contributed by atoms with Crippen molar-refractivity contribution in [3.63, 3.8) is 0 Å². The molecule has 0 aliphatic carbocycles. The van der Waals surface area contributed by atoms with Crippen molar-refractivity contribution >= 4 is 11.0 Å². The van der Waals surface area contributed by atoms with Crippen LogP contribution in [0.5, 0.6) is 11.5 Å². The number of benzene rings is 1. The van der Waals surface area contributed by atoms with Crippen LogP contribution >= 0.6 is 0 Å². The zero-order valence-corrected chi connectivity index (χ0v) is 9.26. The fraction of sp³-hybridized carbons (Fsp3) is 0.300. The van der Waals surface area contributed by atoms with Gasteiger partial charge in [0.2, 0.25) is 5.82 Å². The second-order valence-corrected chi connectivity index (χ2v) is 4.00. The van der Waals surface area contributed by atoms with Crippen LogP contribution in [0.3, 0.4) is 0 Å². The number of aromatic nitrogens is 2. The lowest BCUT2D eigenvalue weighted by Crippen LogP contribution is -2.43. The summed E-state index contributed by atoms with van der Waals surface area (Å²) in [5.41, 5.74) is -0.398. The third kappa shape index (κ3) is 1.91. The molecule has 10 heteroatoms. The summed E-state index contributed by atoms with van der Waals surface area (Å²) in [6, 6.07) is 1.73. The van der Waals surface area contributed by atoms with Gasteiger partial charge in [-0.25, -0.2) is 4.98 Å². The maximum Gasteiger partial charge on any atom is 0.468 e. The van der Waals surface area contributed by atoms with Gasteiger partial charge in [-0.05, 0) is 0 Å². The van der Waals surface area contributed by atoms with E-state index in [9.17, 15) is 26.3 Å². The van der Waals surface area contributed by atoms with Crippen molar-refractivity contribution in [1.29, 1.82) is 0 Å². The van der Waals surface area contributed by atoms with Crippen LogP contribution in [-0.4, -0.2) is 22.4 Å². The minimum Gasteiger partial charge on any atom is -0.447 e. The van der Waals surface area contributed by atoms with Gasteiger partial charge in [0.15, 0.2) is 11.5 Å². The quantitative estimate of drug-likeness (QED) is 0.760. The van der Waals surface area contributed by atoms with E-state index in [1.807, 2.05) is 4.98 Å². The molecular formula is C10H4F6N2O2. The summed E-state index contributed by atoms with van der Waals surface area (Å²) in [5.74, 6) is -2.33. The van der Waals surface area contributed by atoms with Crippen molar-refractivity contribution in [1.82, 2.24) is 9.97 Å². The van der Waals surface area contributed by atoms with E-state index >= 15 is 0 Å². The molecule has 1 N–H and O–H groups in total. The van der Waals surface area contributed by atoms with Crippen LogP contribution in [0.15, 0.2) is 12.1 Å². The van der Waals surface area contributed by atoms with E-state index in [2.05, 4.69) is 14.5 Å². The average molecular weight is 298 g/mol. The number of nitrogens with one attached hydrogen (secondary N) is 1. The number of rotatable bonds is 0. The van der Waals surface area contributed by atoms with Crippen LogP contribution in [0.4, 0.5) is 26.3 Å². The topological polar surface area (TPSA) is 47.1 Å². The van der Waals surface area contributed by atoms with Crippen LogP contribution in [0, 0.1) is 0 Å². The number of ether oxygens (including phenoxy) is 2. The number of fused-ring (bicyclic) bond motifs is 2. The predicted molar refractivity (Wildman–Crippen MR) is 52.2 cm³/mol. The third-order valence-corrected chi connectivity index (χ3v) is 2.56. The molecule has 1 aromatic carbocycles. The standard InChI is InChI=1S/C10H4F6N2O2/c11-7-10(15,16)20-6-2-4-3(1-5(6)19-7)17-8(18-4)9(12,13)14/h1-2,7H,(H,17,18). The highest BCUT2D eigenvalue weighted by molar-refractivity contribution is 5.80. The third-order valence-electron chi connectivity index (χ3n) is 2.56. The minimum absolute atomic E-state index is 0.142. The van der Waals surface area contributed by atoms with Crippen molar-refractivity contribution in [2.75, 3.05) is 0 Å². The smallest absolute Gasteiger partial charge is 0.447 e. The largest absolute Gasteiger partial charge is 0.468 e. The van der Waals surface area contributed by atoms with E-state index in [0.717, 1.165) is 12.1 Å². The molecule has 1 atom stereocenters. The number of H-pyrrole nitrogens is 1. The highest BCUT2D eigenvalue weighted by Gasteiger charge is 2.49. The monoisotopic (exact) mass is 298 g/mol.